The van der Waals surface area contributed by atoms with Crippen LogP contribution in [0.3, 0.4) is 0 Å². The van der Waals surface area contributed by atoms with Gasteiger partial charge in [-0.1, -0.05) is 45.2 Å². The van der Waals surface area contributed by atoms with Crippen LogP contribution in [-0.2, 0) is 9.84 Å². The van der Waals surface area contributed by atoms with Gasteiger partial charge in [-0.3, -0.25) is 0 Å². The average Bonchev–Trinajstić information content (AvgIpc) is 2.11. The Hall–Kier alpha value is 0.910. The van der Waals surface area contributed by atoms with Gasteiger partial charge in [0.2, 0.25) is 0 Å². The standard InChI is InChI=1S/C9H18Br2O2S/c1-3-4-9(7-10,8-11)5-6-14(2,12)13/h3-8H2,1-2H3. The Labute approximate surface area is 104 Å². The van der Waals surface area contributed by atoms with E-state index in [9.17, 15) is 8.42 Å². The molecule has 0 atom stereocenters. The zero-order valence-corrected chi connectivity index (χ0v) is 12.7. The van der Waals surface area contributed by atoms with Crippen LogP contribution in [0.5, 0.6) is 0 Å². The van der Waals surface area contributed by atoms with Crippen molar-refractivity contribution in [3.63, 3.8) is 0 Å². The zero-order valence-electron chi connectivity index (χ0n) is 8.72. The van der Waals surface area contributed by atoms with Crippen molar-refractivity contribution in [3.8, 4) is 0 Å². The van der Waals surface area contributed by atoms with Gasteiger partial charge in [0.05, 0.1) is 5.75 Å². The van der Waals surface area contributed by atoms with Crippen LogP contribution in [0.25, 0.3) is 0 Å². The maximum absolute atomic E-state index is 11.1. The van der Waals surface area contributed by atoms with Crippen molar-refractivity contribution in [2.75, 3.05) is 22.7 Å². The molecular formula is C9H18Br2O2S. The Kier molecular flexibility index (Phi) is 6.90. The molecule has 0 aromatic carbocycles. The van der Waals surface area contributed by atoms with Crippen LogP contribution in [0.15, 0.2) is 0 Å². The second kappa shape index (κ2) is 6.48. The Morgan fingerprint density at radius 1 is 1.14 bits per heavy atom. The predicted octanol–water partition coefficient (Wildman–Crippen LogP) is 3.00. The van der Waals surface area contributed by atoms with E-state index in [1.807, 2.05) is 0 Å². The smallest absolute Gasteiger partial charge is 0.147 e. The largest absolute Gasteiger partial charge is 0.229 e. The maximum atomic E-state index is 11.1. The molecule has 0 unspecified atom stereocenters. The zero-order chi connectivity index (χ0) is 11.2. The van der Waals surface area contributed by atoms with Gasteiger partial charge >= 0.3 is 0 Å². The topological polar surface area (TPSA) is 34.1 Å². The summed E-state index contributed by atoms with van der Waals surface area (Å²) in [5.74, 6) is 0.282. The molecule has 0 aliphatic carbocycles. The van der Waals surface area contributed by atoms with Gasteiger partial charge in [-0.15, -0.1) is 0 Å². The van der Waals surface area contributed by atoms with Crippen LogP contribution in [-0.4, -0.2) is 31.1 Å². The van der Waals surface area contributed by atoms with E-state index in [0.29, 0.717) is 0 Å². The van der Waals surface area contributed by atoms with Gasteiger partial charge in [0.1, 0.15) is 9.84 Å². The minimum atomic E-state index is -2.84. The van der Waals surface area contributed by atoms with Crippen LogP contribution in [0.2, 0.25) is 0 Å². The quantitative estimate of drug-likeness (QED) is 0.662. The summed E-state index contributed by atoms with van der Waals surface area (Å²) >= 11 is 6.95. The Morgan fingerprint density at radius 3 is 1.93 bits per heavy atom. The monoisotopic (exact) mass is 348 g/mol. The van der Waals surface area contributed by atoms with E-state index >= 15 is 0 Å². The van der Waals surface area contributed by atoms with Crippen LogP contribution in [0.4, 0.5) is 0 Å². The molecule has 14 heavy (non-hydrogen) atoms. The second-order valence-corrected chi connectivity index (χ2v) is 7.28. The molecule has 0 aliphatic heterocycles. The second-order valence-electron chi connectivity index (χ2n) is 3.90. The summed E-state index contributed by atoms with van der Waals surface area (Å²) in [6.07, 6.45) is 4.17. The van der Waals surface area contributed by atoms with Crippen molar-refractivity contribution in [2.24, 2.45) is 5.41 Å². The minimum Gasteiger partial charge on any atom is -0.229 e. The summed E-state index contributed by atoms with van der Waals surface area (Å²) < 4.78 is 22.2. The molecule has 0 aromatic rings. The van der Waals surface area contributed by atoms with Crippen LogP contribution >= 0.6 is 31.9 Å². The molecule has 0 bridgehead atoms. The van der Waals surface area contributed by atoms with Gasteiger partial charge in [-0.05, 0) is 18.3 Å². The van der Waals surface area contributed by atoms with Gasteiger partial charge in [0.15, 0.2) is 0 Å². The summed E-state index contributed by atoms with van der Waals surface area (Å²) in [5.41, 5.74) is 0.0951. The van der Waals surface area contributed by atoms with Crippen LogP contribution in [0, 0.1) is 5.41 Å². The highest BCUT2D eigenvalue weighted by Gasteiger charge is 2.27. The molecule has 0 amide bonds. The molecule has 2 nitrogen and oxygen atoms in total. The van der Waals surface area contributed by atoms with Gasteiger partial charge in [0, 0.05) is 16.9 Å². The fourth-order valence-electron chi connectivity index (χ4n) is 1.36. The number of hydrogen-bond acceptors (Lipinski definition) is 2. The number of rotatable bonds is 7. The molecule has 0 aliphatic rings. The molecule has 0 heterocycles. The number of hydrogen-bond donors (Lipinski definition) is 0. The van der Waals surface area contributed by atoms with Crippen molar-refractivity contribution < 1.29 is 8.42 Å². The van der Waals surface area contributed by atoms with E-state index in [0.717, 1.165) is 29.9 Å². The van der Waals surface area contributed by atoms with Crippen molar-refractivity contribution >= 4 is 41.7 Å². The first kappa shape index (κ1) is 14.9. The molecule has 0 radical (unpaired) electrons. The number of sulfone groups is 1. The lowest BCUT2D eigenvalue weighted by molar-refractivity contribution is 0.341. The summed E-state index contributed by atoms with van der Waals surface area (Å²) in [6.45, 7) is 2.13. The lowest BCUT2D eigenvalue weighted by Gasteiger charge is -2.29. The number of halogens is 2. The fraction of sp³-hybridized carbons (Fsp3) is 1.00. The molecule has 0 N–H and O–H groups in total. The van der Waals surface area contributed by atoms with Crippen molar-refractivity contribution in [1.82, 2.24) is 0 Å². The van der Waals surface area contributed by atoms with Crippen molar-refractivity contribution in [3.05, 3.63) is 0 Å². The maximum Gasteiger partial charge on any atom is 0.147 e. The van der Waals surface area contributed by atoms with Crippen molar-refractivity contribution in [1.29, 1.82) is 0 Å². The third-order valence-electron chi connectivity index (χ3n) is 2.35. The summed E-state index contributed by atoms with van der Waals surface area (Å²) in [6, 6.07) is 0. The third-order valence-corrected chi connectivity index (χ3v) is 5.68. The predicted molar refractivity (Wildman–Crippen MR) is 69.3 cm³/mol. The third kappa shape index (κ3) is 5.71. The normalized spacial score (nSPS) is 13.1. The van der Waals surface area contributed by atoms with E-state index in [1.165, 1.54) is 6.26 Å². The van der Waals surface area contributed by atoms with Crippen LogP contribution < -0.4 is 0 Å². The Bertz CT molecular complexity index is 246. The summed E-state index contributed by atoms with van der Waals surface area (Å²) in [4.78, 5) is 0. The van der Waals surface area contributed by atoms with Crippen LogP contribution in [0.1, 0.15) is 26.2 Å². The van der Waals surface area contributed by atoms with E-state index in [1.54, 1.807) is 0 Å². The first-order valence-electron chi connectivity index (χ1n) is 4.69. The fourth-order valence-corrected chi connectivity index (χ4v) is 4.21. The first-order chi connectivity index (χ1) is 6.39. The highest BCUT2D eigenvalue weighted by molar-refractivity contribution is 9.09. The van der Waals surface area contributed by atoms with Gasteiger partial charge < -0.3 is 0 Å². The summed E-state index contributed by atoms with van der Waals surface area (Å²) in [7, 11) is -2.84. The molecule has 0 aromatic heterocycles. The van der Waals surface area contributed by atoms with Gasteiger partial charge in [0.25, 0.3) is 0 Å². The van der Waals surface area contributed by atoms with Gasteiger partial charge in [-0.2, -0.15) is 0 Å². The highest BCUT2D eigenvalue weighted by Crippen LogP contribution is 2.33. The molecule has 0 spiro atoms. The molecule has 0 fully saturated rings. The van der Waals surface area contributed by atoms with E-state index in [2.05, 4.69) is 38.8 Å². The lowest BCUT2D eigenvalue weighted by Crippen LogP contribution is -2.27. The van der Waals surface area contributed by atoms with E-state index in [-0.39, 0.29) is 11.2 Å². The molecule has 0 rings (SSSR count). The summed E-state index contributed by atoms with van der Waals surface area (Å²) in [5, 5.41) is 1.71. The molecule has 0 saturated heterocycles. The van der Waals surface area contributed by atoms with E-state index in [4.69, 9.17) is 0 Å². The molecular weight excluding hydrogens is 332 g/mol. The van der Waals surface area contributed by atoms with E-state index < -0.39 is 9.84 Å². The number of alkyl halides is 2. The van der Waals surface area contributed by atoms with Gasteiger partial charge in [-0.25, -0.2) is 8.42 Å². The molecule has 5 heteroatoms. The highest BCUT2D eigenvalue weighted by atomic mass is 79.9. The molecule has 0 saturated carbocycles. The average molecular weight is 350 g/mol. The Morgan fingerprint density at radius 2 is 1.64 bits per heavy atom. The Balaban J connectivity index is 4.35. The first-order valence-corrected chi connectivity index (χ1v) is 8.99. The molecule has 86 valence electrons. The minimum absolute atomic E-state index is 0.0951. The lowest BCUT2D eigenvalue weighted by atomic mass is 9.85. The van der Waals surface area contributed by atoms with Crippen molar-refractivity contribution in [2.45, 2.75) is 26.2 Å². The SMILES string of the molecule is CCCC(CBr)(CBr)CCS(C)(=O)=O.